The second-order valence-electron chi connectivity index (χ2n) is 12.6. The Hall–Kier alpha value is -2.00. The predicted molar refractivity (Wildman–Crippen MR) is 124 cm³/mol. The molecule has 2 aliphatic carbocycles. The zero-order chi connectivity index (χ0) is 26.1. The van der Waals surface area contributed by atoms with Crippen LogP contribution in [0.1, 0.15) is 53.9 Å². The molecule has 0 aromatic heterocycles. The third-order valence-corrected chi connectivity index (χ3v) is 9.51. The normalized spacial score (nSPS) is 45.3. The number of ether oxygens (including phenoxy) is 4. The van der Waals surface area contributed by atoms with Gasteiger partial charge in [0.15, 0.2) is 0 Å². The minimum absolute atomic E-state index is 0.00529. The summed E-state index contributed by atoms with van der Waals surface area (Å²) in [6, 6.07) is 0. The molecule has 5 aliphatic rings. The van der Waals surface area contributed by atoms with Crippen molar-refractivity contribution in [3.63, 3.8) is 0 Å². The molecule has 200 valence electrons. The van der Waals surface area contributed by atoms with E-state index in [0.717, 1.165) is 6.42 Å². The number of hydrogen-bond acceptors (Lipinski definition) is 9. The van der Waals surface area contributed by atoms with Crippen molar-refractivity contribution >= 4 is 23.9 Å². The largest absolute Gasteiger partial charge is 0.463 e. The van der Waals surface area contributed by atoms with Gasteiger partial charge in [-0.15, -0.1) is 0 Å². The van der Waals surface area contributed by atoms with E-state index in [1.54, 1.807) is 6.92 Å². The van der Waals surface area contributed by atoms with Gasteiger partial charge in [-0.25, -0.2) is 0 Å². The molecule has 9 nitrogen and oxygen atoms in total. The van der Waals surface area contributed by atoms with Crippen molar-refractivity contribution in [2.45, 2.75) is 71.7 Å². The SMILES string of the molecule is CC1C(=O)OC(=O)C1C1C2CC(CC2C(=O)OC(C)(C)C)C1C1C(C)C2CC(C(=O)OCCO)C1O2. The smallest absolute Gasteiger partial charge is 0.317 e. The van der Waals surface area contributed by atoms with Crippen molar-refractivity contribution in [2.24, 2.45) is 59.2 Å². The molecule has 4 bridgehead atoms. The topological polar surface area (TPSA) is 125 Å². The molecule has 0 aromatic carbocycles. The summed E-state index contributed by atoms with van der Waals surface area (Å²) in [5, 5.41) is 9.08. The van der Waals surface area contributed by atoms with Gasteiger partial charge in [-0.1, -0.05) is 13.8 Å². The second kappa shape index (κ2) is 9.08. The molecule has 2 saturated carbocycles. The molecule has 9 heteroatoms. The van der Waals surface area contributed by atoms with Crippen LogP contribution in [0.3, 0.4) is 0 Å². The molecule has 5 fully saturated rings. The maximum absolute atomic E-state index is 13.2. The van der Waals surface area contributed by atoms with Gasteiger partial charge >= 0.3 is 23.9 Å². The van der Waals surface area contributed by atoms with Crippen molar-refractivity contribution in [1.82, 2.24) is 0 Å². The number of hydrogen-bond donors (Lipinski definition) is 1. The Morgan fingerprint density at radius 3 is 2.28 bits per heavy atom. The van der Waals surface area contributed by atoms with Gasteiger partial charge in [-0.05, 0) is 75.5 Å². The molecule has 3 aliphatic heterocycles. The number of carbonyl (C=O) groups is 4. The fraction of sp³-hybridized carbons (Fsp3) is 0.852. The molecule has 12 atom stereocenters. The Morgan fingerprint density at radius 2 is 1.69 bits per heavy atom. The first-order valence-electron chi connectivity index (χ1n) is 13.3. The van der Waals surface area contributed by atoms with Crippen molar-refractivity contribution < 1.29 is 43.2 Å². The Labute approximate surface area is 211 Å². The molecular formula is C27H38O9. The molecule has 0 spiro atoms. The van der Waals surface area contributed by atoms with Crippen molar-refractivity contribution in [3.05, 3.63) is 0 Å². The first-order chi connectivity index (χ1) is 16.9. The van der Waals surface area contributed by atoms with Crippen LogP contribution in [0.15, 0.2) is 0 Å². The minimum Gasteiger partial charge on any atom is -0.463 e. The monoisotopic (exact) mass is 506 g/mol. The first kappa shape index (κ1) is 25.6. The minimum atomic E-state index is -0.617. The lowest BCUT2D eigenvalue weighted by Crippen LogP contribution is -2.49. The molecule has 12 unspecified atom stereocenters. The van der Waals surface area contributed by atoms with Crippen LogP contribution in [-0.4, -0.2) is 60.0 Å². The van der Waals surface area contributed by atoms with Gasteiger partial charge in [0.25, 0.3) is 0 Å². The van der Waals surface area contributed by atoms with Gasteiger partial charge in [0.2, 0.25) is 0 Å². The Kier molecular flexibility index (Phi) is 6.47. The van der Waals surface area contributed by atoms with E-state index in [2.05, 4.69) is 6.92 Å². The first-order valence-corrected chi connectivity index (χ1v) is 13.3. The van der Waals surface area contributed by atoms with Crippen molar-refractivity contribution in [1.29, 1.82) is 0 Å². The van der Waals surface area contributed by atoms with Crippen LogP contribution >= 0.6 is 0 Å². The van der Waals surface area contributed by atoms with Gasteiger partial charge in [-0.3, -0.25) is 19.2 Å². The summed E-state index contributed by atoms with van der Waals surface area (Å²) in [4.78, 5) is 51.3. The molecule has 0 amide bonds. The van der Waals surface area contributed by atoms with Crippen molar-refractivity contribution in [3.8, 4) is 0 Å². The third-order valence-electron chi connectivity index (χ3n) is 9.51. The van der Waals surface area contributed by atoms with E-state index in [4.69, 9.17) is 24.1 Å². The molecule has 1 N–H and O–H groups in total. The number of aliphatic hydroxyl groups excluding tert-OH is 1. The van der Waals surface area contributed by atoms with E-state index >= 15 is 0 Å². The average Bonchev–Trinajstić information content (AvgIpc) is 3.58. The highest BCUT2D eigenvalue weighted by Gasteiger charge is 2.68. The number of rotatable bonds is 6. The summed E-state index contributed by atoms with van der Waals surface area (Å²) in [6.07, 6.45) is 1.61. The summed E-state index contributed by atoms with van der Waals surface area (Å²) in [5.74, 6) is -3.50. The quantitative estimate of drug-likeness (QED) is 0.328. The summed E-state index contributed by atoms with van der Waals surface area (Å²) < 4.78 is 22.4. The molecule has 0 aromatic rings. The van der Waals surface area contributed by atoms with Crippen LogP contribution in [0.2, 0.25) is 0 Å². The lowest BCUT2D eigenvalue weighted by atomic mass is 9.57. The van der Waals surface area contributed by atoms with Gasteiger partial charge in [0.05, 0.1) is 42.5 Å². The van der Waals surface area contributed by atoms with E-state index in [1.165, 1.54) is 0 Å². The lowest BCUT2D eigenvalue weighted by Gasteiger charge is -2.45. The van der Waals surface area contributed by atoms with E-state index in [1.807, 2.05) is 20.8 Å². The number of esters is 4. The molecule has 36 heavy (non-hydrogen) atoms. The van der Waals surface area contributed by atoms with Crippen LogP contribution in [0.25, 0.3) is 0 Å². The maximum atomic E-state index is 13.2. The Bertz CT molecular complexity index is 938. The van der Waals surface area contributed by atoms with Crippen LogP contribution in [0, 0.1) is 59.2 Å². The summed E-state index contributed by atoms with van der Waals surface area (Å²) in [7, 11) is 0. The Morgan fingerprint density at radius 1 is 0.972 bits per heavy atom. The van der Waals surface area contributed by atoms with Gasteiger partial charge in [-0.2, -0.15) is 0 Å². The van der Waals surface area contributed by atoms with E-state index in [0.29, 0.717) is 12.8 Å². The Balaban J connectivity index is 1.46. The third kappa shape index (κ3) is 4.06. The second-order valence-corrected chi connectivity index (χ2v) is 12.6. The maximum Gasteiger partial charge on any atom is 0.317 e. The van der Waals surface area contributed by atoms with Crippen LogP contribution < -0.4 is 0 Å². The molecule has 3 heterocycles. The summed E-state index contributed by atoms with van der Waals surface area (Å²) in [5.41, 5.74) is -0.613. The van der Waals surface area contributed by atoms with E-state index < -0.39 is 35.3 Å². The van der Waals surface area contributed by atoms with Crippen molar-refractivity contribution in [2.75, 3.05) is 13.2 Å². The molecule has 5 rings (SSSR count). The molecule has 3 saturated heterocycles. The zero-order valence-electron chi connectivity index (χ0n) is 21.7. The standard InChI is InChI=1S/C27H38O9/c1-11-17-10-16(24(30)33-7-6-28)22(34-17)18(11)20-13-8-14(15(9-13)25(31)36-27(3,4)5)21(20)19-12(2)23(29)35-26(19)32/h11-22,28H,6-10H2,1-5H3. The highest BCUT2D eigenvalue weighted by atomic mass is 16.6. The van der Waals surface area contributed by atoms with Gasteiger partial charge < -0.3 is 24.1 Å². The predicted octanol–water partition coefficient (Wildman–Crippen LogP) is 2.13. The lowest BCUT2D eigenvalue weighted by molar-refractivity contribution is -0.166. The van der Waals surface area contributed by atoms with Crippen LogP contribution in [0.4, 0.5) is 0 Å². The van der Waals surface area contributed by atoms with Gasteiger partial charge in [0, 0.05) is 0 Å². The van der Waals surface area contributed by atoms with E-state index in [9.17, 15) is 19.2 Å². The number of fused-ring (bicyclic) bond motifs is 4. The van der Waals surface area contributed by atoms with E-state index in [-0.39, 0.29) is 78.8 Å². The number of aliphatic hydroxyl groups is 1. The van der Waals surface area contributed by atoms with Gasteiger partial charge in [0.1, 0.15) is 12.2 Å². The highest BCUT2D eigenvalue weighted by molar-refractivity contribution is 5.96. The fourth-order valence-electron chi connectivity index (χ4n) is 8.31. The summed E-state index contributed by atoms with van der Waals surface area (Å²) >= 11 is 0. The highest BCUT2D eigenvalue weighted by Crippen LogP contribution is 2.66. The van der Waals surface area contributed by atoms with Crippen LogP contribution in [0.5, 0.6) is 0 Å². The average molecular weight is 507 g/mol. The summed E-state index contributed by atoms with van der Waals surface area (Å²) in [6.45, 7) is 9.13. The number of cyclic esters (lactones) is 2. The molecular weight excluding hydrogens is 468 g/mol. The fourth-order valence-corrected chi connectivity index (χ4v) is 8.31. The number of carbonyl (C=O) groups excluding carboxylic acids is 4. The zero-order valence-corrected chi connectivity index (χ0v) is 21.7. The van der Waals surface area contributed by atoms with Crippen LogP contribution in [-0.2, 0) is 38.1 Å². The molecule has 0 radical (unpaired) electrons.